The fraction of sp³-hybridized carbons (Fsp3) is 0.250. The van der Waals surface area contributed by atoms with E-state index in [9.17, 15) is 4.39 Å². The predicted molar refractivity (Wildman–Crippen MR) is 84.2 cm³/mol. The molecular formula is C16H18ClFN2. The van der Waals surface area contributed by atoms with Crippen LogP contribution in [0.3, 0.4) is 0 Å². The van der Waals surface area contributed by atoms with Crippen LogP contribution in [-0.2, 0) is 0 Å². The summed E-state index contributed by atoms with van der Waals surface area (Å²) in [6, 6.07) is 12.5. The number of para-hydroxylation sites is 2. The highest BCUT2D eigenvalue weighted by Crippen LogP contribution is 2.30. The normalized spacial score (nSPS) is 12.1. The van der Waals surface area contributed by atoms with Gasteiger partial charge in [-0.1, -0.05) is 29.8 Å². The number of nitrogens with one attached hydrogen (secondary N) is 1. The number of anilines is 2. The lowest BCUT2D eigenvalue weighted by molar-refractivity contribution is 0.626. The first-order chi connectivity index (χ1) is 9.49. The van der Waals surface area contributed by atoms with Crippen molar-refractivity contribution in [3.8, 4) is 0 Å². The highest BCUT2D eigenvalue weighted by atomic mass is 35.5. The first kappa shape index (κ1) is 14.7. The molecule has 1 unspecified atom stereocenters. The summed E-state index contributed by atoms with van der Waals surface area (Å²) in [4.78, 5) is 2.04. The molecule has 0 saturated carbocycles. The lowest BCUT2D eigenvalue weighted by atomic mass is 10.1. The van der Waals surface area contributed by atoms with E-state index in [1.54, 1.807) is 6.07 Å². The molecule has 0 aliphatic carbocycles. The van der Waals surface area contributed by atoms with E-state index < -0.39 is 0 Å². The van der Waals surface area contributed by atoms with E-state index in [1.165, 1.54) is 12.1 Å². The number of halogens is 2. The minimum absolute atomic E-state index is 0.0100. The number of hydrogen-bond acceptors (Lipinski definition) is 2. The highest BCUT2D eigenvalue weighted by Gasteiger charge is 2.12. The Labute approximate surface area is 124 Å². The molecule has 0 aliphatic heterocycles. The summed E-state index contributed by atoms with van der Waals surface area (Å²) < 4.78 is 13.1. The molecule has 0 spiro atoms. The zero-order chi connectivity index (χ0) is 14.7. The van der Waals surface area contributed by atoms with Gasteiger partial charge in [0, 0.05) is 19.1 Å². The molecule has 2 rings (SSSR count). The van der Waals surface area contributed by atoms with Crippen molar-refractivity contribution in [1.82, 2.24) is 0 Å². The Hall–Kier alpha value is -1.74. The fourth-order valence-corrected chi connectivity index (χ4v) is 2.48. The molecule has 0 heterocycles. The van der Waals surface area contributed by atoms with Crippen molar-refractivity contribution < 1.29 is 4.39 Å². The van der Waals surface area contributed by atoms with Gasteiger partial charge in [0.05, 0.1) is 17.4 Å². The van der Waals surface area contributed by atoms with Crippen molar-refractivity contribution in [3.05, 3.63) is 58.9 Å². The Morgan fingerprint density at radius 3 is 2.50 bits per heavy atom. The zero-order valence-corrected chi connectivity index (χ0v) is 12.6. The van der Waals surface area contributed by atoms with E-state index in [2.05, 4.69) is 5.32 Å². The molecule has 0 bridgehead atoms. The van der Waals surface area contributed by atoms with Gasteiger partial charge >= 0.3 is 0 Å². The van der Waals surface area contributed by atoms with E-state index in [0.29, 0.717) is 5.02 Å². The maximum absolute atomic E-state index is 13.1. The molecule has 2 nitrogen and oxygen atoms in total. The van der Waals surface area contributed by atoms with Gasteiger partial charge in [0.1, 0.15) is 5.82 Å². The van der Waals surface area contributed by atoms with Crippen molar-refractivity contribution in [2.45, 2.75) is 13.0 Å². The molecule has 1 N–H and O–H groups in total. The van der Waals surface area contributed by atoms with E-state index in [0.717, 1.165) is 16.9 Å². The molecular weight excluding hydrogens is 275 g/mol. The third-order valence-corrected chi connectivity index (χ3v) is 3.51. The van der Waals surface area contributed by atoms with Gasteiger partial charge < -0.3 is 10.2 Å². The number of rotatable bonds is 4. The maximum atomic E-state index is 13.1. The summed E-state index contributed by atoms with van der Waals surface area (Å²) in [5.41, 5.74) is 2.99. The van der Waals surface area contributed by atoms with Crippen molar-refractivity contribution in [2.75, 3.05) is 24.3 Å². The third kappa shape index (κ3) is 3.23. The Morgan fingerprint density at radius 2 is 1.85 bits per heavy atom. The second-order valence-corrected chi connectivity index (χ2v) is 5.35. The summed E-state index contributed by atoms with van der Waals surface area (Å²) in [6.45, 7) is 2.01. The lowest BCUT2D eigenvalue weighted by Gasteiger charge is -2.22. The maximum Gasteiger partial charge on any atom is 0.124 e. The largest absolute Gasteiger partial charge is 0.377 e. The van der Waals surface area contributed by atoms with Crippen molar-refractivity contribution >= 4 is 23.0 Å². The van der Waals surface area contributed by atoms with Crippen molar-refractivity contribution in [3.63, 3.8) is 0 Å². The Balaban J connectivity index is 2.26. The van der Waals surface area contributed by atoms with Crippen LogP contribution in [0.25, 0.3) is 0 Å². The summed E-state index contributed by atoms with van der Waals surface area (Å²) in [5.74, 6) is -0.320. The summed E-state index contributed by atoms with van der Waals surface area (Å²) in [6.07, 6.45) is 0. The predicted octanol–water partition coefficient (Wildman–Crippen LogP) is 4.72. The molecule has 0 aliphatic rings. The Morgan fingerprint density at radius 1 is 1.15 bits per heavy atom. The molecule has 2 aromatic carbocycles. The monoisotopic (exact) mass is 292 g/mol. The van der Waals surface area contributed by atoms with Crippen LogP contribution in [-0.4, -0.2) is 14.1 Å². The van der Waals surface area contributed by atoms with Crippen LogP contribution in [0.1, 0.15) is 18.5 Å². The van der Waals surface area contributed by atoms with Gasteiger partial charge in [-0.15, -0.1) is 0 Å². The van der Waals surface area contributed by atoms with Crippen LogP contribution in [0, 0.1) is 5.82 Å². The number of nitrogens with zero attached hydrogens (tertiary/aromatic N) is 1. The van der Waals surface area contributed by atoms with Crippen molar-refractivity contribution in [1.29, 1.82) is 0 Å². The van der Waals surface area contributed by atoms with Crippen LogP contribution in [0.2, 0.25) is 5.02 Å². The van der Waals surface area contributed by atoms with Gasteiger partial charge in [-0.2, -0.15) is 0 Å². The zero-order valence-electron chi connectivity index (χ0n) is 11.8. The van der Waals surface area contributed by atoms with Crippen LogP contribution in [0.5, 0.6) is 0 Å². The molecule has 2 aromatic rings. The van der Waals surface area contributed by atoms with Crippen LogP contribution >= 0.6 is 11.6 Å². The molecule has 0 radical (unpaired) electrons. The van der Waals surface area contributed by atoms with Gasteiger partial charge in [0.2, 0.25) is 0 Å². The summed E-state index contributed by atoms with van der Waals surface area (Å²) in [5, 5.41) is 3.86. The van der Waals surface area contributed by atoms with E-state index in [-0.39, 0.29) is 11.9 Å². The molecule has 4 heteroatoms. The van der Waals surface area contributed by atoms with E-state index in [4.69, 9.17) is 11.6 Å². The molecule has 20 heavy (non-hydrogen) atoms. The van der Waals surface area contributed by atoms with Gasteiger partial charge in [-0.05, 0) is 36.8 Å². The Bertz CT molecular complexity index is 599. The molecule has 0 fully saturated rings. The molecule has 0 saturated heterocycles. The molecule has 1 atom stereocenters. The van der Waals surface area contributed by atoms with Crippen molar-refractivity contribution in [2.24, 2.45) is 0 Å². The quantitative estimate of drug-likeness (QED) is 0.877. The highest BCUT2D eigenvalue weighted by molar-refractivity contribution is 6.31. The van der Waals surface area contributed by atoms with Gasteiger partial charge in [0.25, 0.3) is 0 Å². The molecule has 0 aromatic heterocycles. The summed E-state index contributed by atoms with van der Waals surface area (Å²) >= 11 is 6.10. The van der Waals surface area contributed by atoms with Gasteiger partial charge in [-0.3, -0.25) is 0 Å². The summed E-state index contributed by atoms with van der Waals surface area (Å²) in [7, 11) is 3.99. The van der Waals surface area contributed by atoms with Gasteiger partial charge in [0.15, 0.2) is 0 Å². The first-order valence-corrected chi connectivity index (χ1v) is 6.84. The van der Waals surface area contributed by atoms with Crippen LogP contribution in [0.15, 0.2) is 42.5 Å². The van der Waals surface area contributed by atoms with E-state index in [1.807, 2.05) is 50.2 Å². The van der Waals surface area contributed by atoms with Crippen LogP contribution in [0.4, 0.5) is 15.8 Å². The minimum atomic E-state index is -0.320. The minimum Gasteiger partial charge on any atom is -0.377 e. The SMILES string of the molecule is CC(Nc1ccccc1N(C)C)c1ccc(F)cc1Cl. The number of hydrogen-bond donors (Lipinski definition) is 1. The molecule has 106 valence electrons. The Kier molecular flexibility index (Phi) is 4.50. The van der Waals surface area contributed by atoms with E-state index >= 15 is 0 Å². The smallest absolute Gasteiger partial charge is 0.124 e. The van der Waals surface area contributed by atoms with Crippen LogP contribution < -0.4 is 10.2 Å². The lowest BCUT2D eigenvalue weighted by Crippen LogP contribution is -2.14. The average molecular weight is 293 g/mol. The second kappa shape index (κ2) is 6.14. The van der Waals surface area contributed by atoms with Gasteiger partial charge in [-0.25, -0.2) is 4.39 Å². The number of benzene rings is 2. The average Bonchev–Trinajstić information content (AvgIpc) is 2.38. The standard InChI is InChI=1S/C16H18ClFN2/c1-11(13-9-8-12(18)10-14(13)17)19-15-6-4-5-7-16(15)20(2)3/h4-11,19H,1-3H3. The topological polar surface area (TPSA) is 15.3 Å². The third-order valence-electron chi connectivity index (χ3n) is 3.19. The fourth-order valence-electron chi connectivity index (χ4n) is 2.15. The molecule has 0 amide bonds. The second-order valence-electron chi connectivity index (χ2n) is 4.94. The first-order valence-electron chi connectivity index (χ1n) is 6.47.